The monoisotopic (exact) mass is 241 g/mol. The minimum absolute atomic E-state index is 0.0182. The average Bonchev–Trinajstić information content (AvgIpc) is 2.73. The van der Waals surface area contributed by atoms with Crippen molar-refractivity contribution in [2.24, 2.45) is 0 Å². The summed E-state index contributed by atoms with van der Waals surface area (Å²) in [6, 6.07) is 4.46. The number of hydrogen-bond donors (Lipinski definition) is 1. The van der Waals surface area contributed by atoms with Gasteiger partial charge >= 0.3 is 0 Å². The zero-order chi connectivity index (χ0) is 12.3. The van der Waals surface area contributed by atoms with Crippen LogP contribution in [0.5, 0.6) is 5.75 Å². The van der Waals surface area contributed by atoms with E-state index in [1.54, 1.807) is 0 Å². The molecule has 17 heavy (non-hydrogen) atoms. The van der Waals surface area contributed by atoms with Gasteiger partial charge < -0.3 is 10.1 Å². The third-order valence-electron chi connectivity index (χ3n) is 3.09. The predicted octanol–water partition coefficient (Wildman–Crippen LogP) is 2.87. The summed E-state index contributed by atoms with van der Waals surface area (Å²) >= 11 is 0. The Balaban J connectivity index is 1.96. The first kappa shape index (κ1) is 12.3. The van der Waals surface area contributed by atoms with Crippen molar-refractivity contribution in [3.8, 4) is 5.75 Å². The smallest absolute Gasteiger partial charge is 0.200 e. The third kappa shape index (κ3) is 2.94. The Morgan fingerprint density at radius 2 is 2.18 bits per heavy atom. The summed E-state index contributed by atoms with van der Waals surface area (Å²) in [5, 5.41) is 3.34. The van der Waals surface area contributed by atoms with Crippen LogP contribution in [0.25, 0.3) is 0 Å². The molecule has 1 aromatic rings. The maximum atomic E-state index is 13.4. The van der Waals surface area contributed by atoms with Gasteiger partial charge in [0.25, 0.3) is 0 Å². The molecule has 1 aromatic carbocycles. The Morgan fingerprint density at radius 3 is 2.94 bits per heavy atom. The largest absolute Gasteiger partial charge is 0.487 e. The lowest BCUT2D eigenvalue weighted by molar-refractivity contribution is 0.195. The van der Waals surface area contributed by atoms with E-state index < -0.39 is 11.6 Å². The molecule has 2 atom stereocenters. The molecule has 1 fully saturated rings. The second kappa shape index (κ2) is 5.45. The maximum absolute atomic E-state index is 13.4. The highest BCUT2D eigenvalue weighted by atomic mass is 19.2. The normalized spacial score (nSPS) is 23.9. The lowest BCUT2D eigenvalue weighted by atomic mass is 10.2. The van der Waals surface area contributed by atoms with Crippen LogP contribution in [0.15, 0.2) is 18.2 Å². The Bertz CT molecular complexity index is 384. The number of nitrogens with one attached hydrogen (secondary N) is 1. The molecular weight excluding hydrogens is 224 g/mol. The number of halogens is 2. The Morgan fingerprint density at radius 1 is 1.35 bits per heavy atom. The van der Waals surface area contributed by atoms with Crippen LogP contribution in [0.3, 0.4) is 0 Å². The van der Waals surface area contributed by atoms with E-state index in [1.807, 2.05) is 0 Å². The minimum atomic E-state index is -0.889. The van der Waals surface area contributed by atoms with E-state index >= 15 is 0 Å². The fourth-order valence-electron chi connectivity index (χ4n) is 2.28. The topological polar surface area (TPSA) is 21.3 Å². The summed E-state index contributed by atoms with van der Waals surface area (Å²) in [6.07, 6.45) is 2.74. The molecule has 1 aliphatic carbocycles. The number of benzene rings is 1. The Kier molecular flexibility index (Phi) is 3.94. The van der Waals surface area contributed by atoms with E-state index in [0.717, 1.165) is 31.9 Å². The molecule has 2 nitrogen and oxygen atoms in total. The SMILES string of the molecule is CCNC1CCC(Oc2cccc(F)c2F)C1. The molecule has 1 N–H and O–H groups in total. The molecule has 4 heteroatoms. The lowest BCUT2D eigenvalue weighted by Gasteiger charge is -2.15. The maximum Gasteiger partial charge on any atom is 0.200 e. The average molecular weight is 241 g/mol. The van der Waals surface area contributed by atoms with Crippen LogP contribution in [0, 0.1) is 11.6 Å². The first-order valence-electron chi connectivity index (χ1n) is 6.04. The molecule has 0 spiro atoms. The van der Waals surface area contributed by atoms with Crippen molar-refractivity contribution in [1.29, 1.82) is 0 Å². The summed E-state index contributed by atoms with van der Waals surface area (Å²) in [5.74, 6) is -1.73. The first-order valence-corrected chi connectivity index (χ1v) is 6.04. The Hall–Kier alpha value is -1.16. The van der Waals surface area contributed by atoms with E-state index in [9.17, 15) is 8.78 Å². The standard InChI is InChI=1S/C13H17F2NO/c1-2-16-9-6-7-10(8-9)17-12-5-3-4-11(14)13(12)15/h3-5,9-10,16H,2,6-8H2,1H3. The van der Waals surface area contributed by atoms with Gasteiger partial charge in [-0.3, -0.25) is 0 Å². The molecule has 1 aliphatic rings. The van der Waals surface area contributed by atoms with Crippen molar-refractivity contribution >= 4 is 0 Å². The van der Waals surface area contributed by atoms with Crippen molar-refractivity contribution in [2.75, 3.05) is 6.54 Å². The summed E-state index contributed by atoms with van der Waals surface area (Å²) in [5.41, 5.74) is 0. The fraction of sp³-hybridized carbons (Fsp3) is 0.538. The molecule has 0 amide bonds. The van der Waals surface area contributed by atoms with Crippen LogP contribution in [-0.2, 0) is 0 Å². The van der Waals surface area contributed by atoms with E-state index in [1.165, 1.54) is 12.1 Å². The van der Waals surface area contributed by atoms with E-state index in [2.05, 4.69) is 12.2 Å². The quantitative estimate of drug-likeness (QED) is 0.875. The molecule has 2 unspecified atom stereocenters. The second-order valence-corrected chi connectivity index (χ2v) is 4.36. The zero-order valence-corrected chi connectivity index (χ0v) is 9.88. The molecule has 2 rings (SSSR count). The zero-order valence-electron chi connectivity index (χ0n) is 9.88. The van der Waals surface area contributed by atoms with E-state index in [0.29, 0.717) is 6.04 Å². The molecule has 0 aromatic heterocycles. The van der Waals surface area contributed by atoms with Gasteiger partial charge in [0, 0.05) is 6.04 Å². The van der Waals surface area contributed by atoms with E-state index in [4.69, 9.17) is 4.74 Å². The van der Waals surface area contributed by atoms with Gasteiger partial charge in [-0.1, -0.05) is 13.0 Å². The van der Waals surface area contributed by atoms with Gasteiger partial charge in [-0.15, -0.1) is 0 Å². The van der Waals surface area contributed by atoms with Gasteiger partial charge in [-0.05, 0) is 37.9 Å². The summed E-state index contributed by atoms with van der Waals surface area (Å²) in [6.45, 7) is 2.98. The molecule has 0 aliphatic heterocycles. The van der Waals surface area contributed by atoms with Crippen LogP contribution in [0.2, 0.25) is 0 Å². The van der Waals surface area contributed by atoms with Crippen molar-refractivity contribution < 1.29 is 13.5 Å². The molecular formula is C13H17F2NO. The van der Waals surface area contributed by atoms with Crippen molar-refractivity contribution in [2.45, 2.75) is 38.3 Å². The highest BCUT2D eigenvalue weighted by Gasteiger charge is 2.26. The minimum Gasteiger partial charge on any atom is -0.487 e. The summed E-state index contributed by atoms with van der Waals surface area (Å²) in [7, 11) is 0. The van der Waals surface area contributed by atoms with Crippen LogP contribution in [-0.4, -0.2) is 18.7 Å². The second-order valence-electron chi connectivity index (χ2n) is 4.36. The van der Waals surface area contributed by atoms with Crippen LogP contribution < -0.4 is 10.1 Å². The van der Waals surface area contributed by atoms with Crippen LogP contribution in [0.4, 0.5) is 8.78 Å². The van der Waals surface area contributed by atoms with E-state index in [-0.39, 0.29) is 11.9 Å². The van der Waals surface area contributed by atoms with Crippen molar-refractivity contribution in [1.82, 2.24) is 5.32 Å². The molecule has 0 radical (unpaired) electrons. The lowest BCUT2D eigenvalue weighted by Crippen LogP contribution is -2.27. The van der Waals surface area contributed by atoms with Crippen molar-refractivity contribution in [3.63, 3.8) is 0 Å². The molecule has 1 saturated carbocycles. The highest BCUT2D eigenvalue weighted by molar-refractivity contribution is 5.25. The van der Waals surface area contributed by atoms with Gasteiger partial charge in [-0.25, -0.2) is 4.39 Å². The molecule has 0 saturated heterocycles. The summed E-state index contributed by atoms with van der Waals surface area (Å²) in [4.78, 5) is 0. The highest BCUT2D eigenvalue weighted by Crippen LogP contribution is 2.27. The van der Waals surface area contributed by atoms with Gasteiger partial charge in [0.1, 0.15) is 6.10 Å². The van der Waals surface area contributed by atoms with Crippen LogP contribution in [0.1, 0.15) is 26.2 Å². The number of hydrogen-bond acceptors (Lipinski definition) is 2. The van der Waals surface area contributed by atoms with Gasteiger partial charge in [0.2, 0.25) is 5.82 Å². The van der Waals surface area contributed by atoms with Crippen LogP contribution >= 0.6 is 0 Å². The molecule has 94 valence electrons. The van der Waals surface area contributed by atoms with Gasteiger partial charge in [0.05, 0.1) is 0 Å². The third-order valence-corrected chi connectivity index (χ3v) is 3.09. The Labute approximate surface area is 100.0 Å². The summed E-state index contributed by atoms with van der Waals surface area (Å²) < 4.78 is 31.9. The first-order chi connectivity index (χ1) is 8.20. The predicted molar refractivity (Wildman–Crippen MR) is 62.1 cm³/mol. The van der Waals surface area contributed by atoms with Gasteiger partial charge in [-0.2, -0.15) is 4.39 Å². The molecule has 0 bridgehead atoms. The van der Waals surface area contributed by atoms with Crippen molar-refractivity contribution in [3.05, 3.63) is 29.8 Å². The van der Waals surface area contributed by atoms with Gasteiger partial charge in [0.15, 0.2) is 11.6 Å². The molecule has 0 heterocycles. The number of ether oxygens (including phenoxy) is 1. The number of rotatable bonds is 4. The fourth-order valence-corrected chi connectivity index (χ4v) is 2.28.